The first-order valence-electron chi connectivity index (χ1n) is 6.23. The fourth-order valence-electron chi connectivity index (χ4n) is 2.05. The molecule has 0 N–H and O–H groups in total. The SMILES string of the molecule is C/C=C(/CC)C(=O)c1ccc2nc(C)ccc2c1. The van der Waals surface area contributed by atoms with Gasteiger partial charge in [-0.1, -0.05) is 19.1 Å². The summed E-state index contributed by atoms with van der Waals surface area (Å²) in [5, 5.41) is 1.01. The Kier molecular flexibility index (Phi) is 3.56. The Hall–Kier alpha value is -1.96. The van der Waals surface area contributed by atoms with E-state index in [9.17, 15) is 4.79 Å². The number of pyridine rings is 1. The summed E-state index contributed by atoms with van der Waals surface area (Å²) in [6, 6.07) is 9.67. The van der Waals surface area contributed by atoms with E-state index in [-0.39, 0.29) is 5.78 Å². The van der Waals surface area contributed by atoms with Gasteiger partial charge in [0.05, 0.1) is 5.52 Å². The minimum atomic E-state index is 0.113. The summed E-state index contributed by atoms with van der Waals surface area (Å²) in [5.74, 6) is 0.113. The molecular formula is C16H17NO. The molecule has 0 radical (unpaired) electrons. The second kappa shape index (κ2) is 5.13. The number of fused-ring (bicyclic) bond motifs is 1. The van der Waals surface area contributed by atoms with Crippen molar-refractivity contribution in [1.29, 1.82) is 0 Å². The van der Waals surface area contributed by atoms with Crippen molar-refractivity contribution in [3.63, 3.8) is 0 Å². The Morgan fingerprint density at radius 3 is 2.72 bits per heavy atom. The number of aryl methyl sites for hydroxylation is 1. The number of carbonyl (C=O) groups is 1. The molecule has 0 aliphatic carbocycles. The topological polar surface area (TPSA) is 30.0 Å². The zero-order chi connectivity index (χ0) is 13.1. The first-order chi connectivity index (χ1) is 8.65. The van der Waals surface area contributed by atoms with E-state index < -0.39 is 0 Å². The predicted octanol–water partition coefficient (Wildman–Crippen LogP) is 4.08. The molecule has 2 nitrogen and oxygen atoms in total. The lowest BCUT2D eigenvalue weighted by molar-refractivity contribution is 0.103. The third kappa shape index (κ3) is 2.33. The summed E-state index contributed by atoms with van der Waals surface area (Å²) in [7, 11) is 0. The number of benzene rings is 1. The minimum absolute atomic E-state index is 0.113. The molecule has 0 aliphatic rings. The summed E-state index contributed by atoms with van der Waals surface area (Å²) in [6.07, 6.45) is 2.65. The van der Waals surface area contributed by atoms with E-state index in [1.165, 1.54) is 0 Å². The molecule has 1 heterocycles. The Morgan fingerprint density at radius 1 is 1.28 bits per heavy atom. The molecule has 1 aromatic heterocycles. The van der Waals surface area contributed by atoms with E-state index in [0.29, 0.717) is 0 Å². The van der Waals surface area contributed by atoms with E-state index in [0.717, 1.165) is 34.2 Å². The molecule has 1 aromatic carbocycles. The largest absolute Gasteiger partial charge is 0.289 e. The molecular weight excluding hydrogens is 222 g/mol. The summed E-state index contributed by atoms with van der Waals surface area (Å²) in [6.45, 7) is 5.87. The van der Waals surface area contributed by atoms with Gasteiger partial charge >= 0.3 is 0 Å². The zero-order valence-electron chi connectivity index (χ0n) is 11.0. The molecule has 2 heteroatoms. The van der Waals surface area contributed by atoms with Crippen LogP contribution in [-0.4, -0.2) is 10.8 Å². The van der Waals surface area contributed by atoms with Crippen LogP contribution >= 0.6 is 0 Å². The van der Waals surface area contributed by atoms with E-state index in [1.807, 2.05) is 57.2 Å². The molecule has 0 unspecified atom stereocenters. The number of Topliss-reactive ketones (excluding diaryl/α,β-unsaturated/α-hetero) is 1. The maximum atomic E-state index is 12.2. The first-order valence-corrected chi connectivity index (χ1v) is 6.23. The summed E-state index contributed by atoms with van der Waals surface area (Å²) >= 11 is 0. The van der Waals surface area contributed by atoms with Gasteiger partial charge in [-0.2, -0.15) is 0 Å². The van der Waals surface area contributed by atoms with Crippen LogP contribution in [0.5, 0.6) is 0 Å². The van der Waals surface area contributed by atoms with Crippen LogP contribution < -0.4 is 0 Å². The lowest BCUT2D eigenvalue weighted by atomic mass is 10.00. The normalized spacial score (nSPS) is 11.8. The number of ketones is 1. The van der Waals surface area contributed by atoms with Crippen LogP contribution in [0.3, 0.4) is 0 Å². The Balaban J connectivity index is 2.48. The molecule has 0 bridgehead atoms. The zero-order valence-corrected chi connectivity index (χ0v) is 11.0. The van der Waals surface area contributed by atoms with Crippen LogP contribution in [0, 0.1) is 6.92 Å². The molecule has 18 heavy (non-hydrogen) atoms. The Morgan fingerprint density at radius 2 is 2.06 bits per heavy atom. The van der Waals surface area contributed by atoms with E-state index in [2.05, 4.69) is 4.98 Å². The highest BCUT2D eigenvalue weighted by Crippen LogP contribution is 2.18. The number of hydrogen-bond donors (Lipinski definition) is 0. The molecule has 2 aromatic rings. The Labute approximate surface area is 107 Å². The van der Waals surface area contributed by atoms with Crippen LogP contribution in [0.1, 0.15) is 36.3 Å². The van der Waals surface area contributed by atoms with Crippen LogP contribution in [-0.2, 0) is 0 Å². The van der Waals surface area contributed by atoms with Gasteiger partial charge in [0.15, 0.2) is 5.78 Å². The van der Waals surface area contributed by atoms with Gasteiger partial charge in [-0.05, 0) is 50.1 Å². The van der Waals surface area contributed by atoms with E-state index in [4.69, 9.17) is 0 Å². The predicted molar refractivity (Wildman–Crippen MR) is 74.9 cm³/mol. The Bertz CT molecular complexity index is 626. The smallest absolute Gasteiger partial charge is 0.188 e. The molecule has 0 atom stereocenters. The minimum Gasteiger partial charge on any atom is -0.289 e. The van der Waals surface area contributed by atoms with Crippen molar-refractivity contribution in [2.24, 2.45) is 0 Å². The highest BCUT2D eigenvalue weighted by atomic mass is 16.1. The van der Waals surface area contributed by atoms with Crippen LogP contribution in [0.4, 0.5) is 0 Å². The number of aromatic nitrogens is 1. The molecule has 0 amide bonds. The molecule has 92 valence electrons. The van der Waals surface area contributed by atoms with Gasteiger partial charge in [-0.25, -0.2) is 0 Å². The van der Waals surface area contributed by atoms with E-state index >= 15 is 0 Å². The molecule has 0 fully saturated rings. The highest BCUT2D eigenvalue weighted by Gasteiger charge is 2.10. The van der Waals surface area contributed by atoms with Gasteiger partial charge in [0, 0.05) is 16.6 Å². The molecule has 0 saturated carbocycles. The van der Waals surface area contributed by atoms with Crippen molar-refractivity contribution in [1.82, 2.24) is 4.98 Å². The molecule has 2 rings (SSSR count). The summed E-state index contributed by atoms with van der Waals surface area (Å²) < 4.78 is 0. The number of carbonyl (C=O) groups excluding carboxylic acids is 1. The molecule has 0 aliphatic heterocycles. The van der Waals surface area contributed by atoms with Gasteiger partial charge in [-0.3, -0.25) is 9.78 Å². The quantitative estimate of drug-likeness (QED) is 0.596. The number of hydrogen-bond acceptors (Lipinski definition) is 2. The van der Waals surface area contributed by atoms with Crippen molar-refractivity contribution < 1.29 is 4.79 Å². The van der Waals surface area contributed by atoms with Crippen molar-refractivity contribution >= 4 is 16.7 Å². The second-order valence-corrected chi connectivity index (χ2v) is 4.36. The third-order valence-corrected chi connectivity index (χ3v) is 3.11. The summed E-state index contributed by atoms with van der Waals surface area (Å²) in [5.41, 5.74) is 3.52. The third-order valence-electron chi connectivity index (χ3n) is 3.11. The van der Waals surface area contributed by atoms with Crippen molar-refractivity contribution in [2.75, 3.05) is 0 Å². The lowest BCUT2D eigenvalue weighted by Crippen LogP contribution is -2.02. The summed E-state index contributed by atoms with van der Waals surface area (Å²) in [4.78, 5) is 16.7. The molecule has 0 spiro atoms. The monoisotopic (exact) mass is 239 g/mol. The number of rotatable bonds is 3. The fraction of sp³-hybridized carbons (Fsp3) is 0.250. The number of allylic oxidation sites excluding steroid dienone is 2. The van der Waals surface area contributed by atoms with Crippen molar-refractivity contribution in [3.8, 4) is 0 Å². The fourth-order valence-corrected chi connectivity index (χ4v) is 2.05. The van der Waals surface area contributed by atoms with Gasteiger partial charge in [0.1, 0.15) is 0 Å². The maximum absolute atomic E-state index is 12.2. The first kappa shape index (κ1) is 12.5. The average molecular weight is 239 g/mol. The lowest BCUT2D eigenvalue weighted by Gasteiger charge is -2.05. The van der Waals surface area contributed by atoms with Crippen LogP contribution in [0.15, 0.2) is 42.0 Å². The number of nitrogens with zero attached hydrogens (tertiary/aromatic N) is 1. The van der Waals surface area contributed by atoms with Crippen molar-refractivity contribution in [2.45, 2.75) is 27.2 Å². The average Bonchev–Trinajstić information content (AvgIpc) is 2.39. The molecule has 0 saturated heterocycles. The highest BCUT2D eigenvalue weighted by molar-refractivity contribution is 6.10. The van der Waals surface area contributed by atoms with Gasteiger partial charge in [-0.15, -0.1) is 0 Å². The van der Waals surface area contributed by atoms with Gasteiger partial charge in [0.25, 0.3) is 0 Å². The van der Waals surface area contributed by atoms with Crippen molar-refractivity contribution in [3.05, 3.63) is 53.2 Å². The van der Waals surface area contributed by atoms with Crippen LogP contribution in [0.2, 0.25) is 0 Å². The second-order valence-electron chi connectivity index (χ2n) is 4.36. The van der Waals surface area contributed by atoms with Crippen LogP contribution in [0.25, 0.3) is 10.9 Å². The van der Waals surface area contributed by atoms with Gasteiger partial charge in [0.2, 0.25) is 0 Å². The standard InChI is InChI=1S/C16H17NO/c1-4-12(5-2)16(18)14-8-9-15-13(10-14)7-6-11(3)17-15/h4,6-10H,5H2,1-3H3/b12-4-. The van der Waals surface area contributed by atoms with E-state index in [1.54, 1.807) is 0 Å². The van der Waals surface area contributed by atoms with Gasteiger partial charge < -0.3 is 0 Å². The maximum Gasteiger partial charge on any atom is 0.188 e.